The zero-order valence-corrected chi connectivity index (χ0v) is 11.2. The first-order valence-corrected chi connectivity index (χ1v) is 6.92. The number of nitrogens with zero attached hydrogens (tertiary/aromatic N) is 3. The van der Waals surface area contributed by atoms with Crippen LogP contribution in [-0.4, -0.2) is 33.3 Å². The van der Waals surface area contributed by atoms with Crippen LogP contribution in [0.2, 0.25) is 0 Å². The van der Waals surface area contributed by atoms with Gasteiger partial charge < -0.3 is 10.4 Å². The van der Waals surface area contributed by atoms with Gasteiger partial charge in [0.25, 0.3) is 0 Å². The molecule has 0 aliphatic heterocycles. The van der Waals surface area contributed by atoms with Crippen molar-refractivity contribution in [2.45, 2.75) is 52.1 Å². The Morgan fingerprint density at radius 2 is 2.22 bits per heavy atom. The molecule has 1 aliphatic rings. The molecule has 5 heteroatoms. The minimum absolute atomic E-state index is 0.200. The van der Waals surface area contributed by atoms with Gasteiger partial charge in [-0.2, -0.15) is 0 Å². The normalized spacial score (nSPS) is 18.3. The van der Waals surface area contributed by atoms with E-state index in [1.165, 1.54) is 25.7 Å². The number of aromatic nitrogens is 3. The second kappa shape index (κ2) is 6.29. The maximum absolute atomic E-state index is 8.75. The van der Waals surface area contributed by atoms with Crippen LogP contribution in [0.5, 0.6) is 0 Å². The van der Waals surface area contributed by atoms with Crippen molar-refractivity contribution in [3.63, 3.8) is 0 Å². The first-order valence-electron chi connectivity index (χ1n) is 6.92. The van der Waals surface area contributed by atoms with Gasteiger partial charge in [0.05, 0.1) is 5.69 Å². The number of hydrogen-bond donors (Lipinski definition) is 2. The molecule has 0 saturated heterocycles. The van der Waals surface area contributed by atoms with E-state index in [0.29, 0.717) is 5.41 Å². The fourth-order valence-corrected chi connectivity index (χ4v) is 2.66. The topological polar surface area (TPSA) is 63.0 Å². The Bertz CT molecular complexity index is 358. The summed E-state index contributed by atoms with van der Waals surface area (Å²) in [6.45, 7) is 5.16. The van der Waals surface area contributed by atoms with Crippen molar-refractivity contribution < 1.29 is 5.11 Å². The van der Waals surface area contributed by atoms with E-state index in [9.17, 15) is 0 Å². The predicted molar refractivity (Wildman–Crippen MR) is 70.0 cm³/mol. The molecule has 0 amide bonds. The lowest BCUT2D eigenvalue weighted by atomic mass is 9.89. The van der Waals surface area contributed by atoms with Gasteiger partial charge >= 0.3 is 0 Å². The zero-order valence-electron chi connectivity index (χ0n) is 11.2. The molecule has 0 spiro atoms. The largest absolute Gasteiger partial charge is 0.396 e. The minimum Gasteiger partial charge on any atom is -0.396 e. The van der Waals surface area contributed by atoms with Crippen molar-refractivity contribution in [1.82, 2.24) is 20.3 Å². The molecular weight excluding hydrogens is 228 g/mol. The molecule has 0 unspecified atom stereocenters. The highest BCUT2D eigenvalue weighted by atomic mass is 16.3. The van der Waals surface area contributed by atoms with Crippen LogP contribution in [0.15, 0.2) is 6.20 Å². The summed E-state index contributed by atoms with van der Waals surface area (Å²) in [4.78, 5) is 0. The molecule has 2 N–H and O–H groups in total. The van der Waals surface area contributed by atoms with Crippen molar-refractivity contribution >= 4 is 0 Å². The van der Waals surface area contributed by atoms with Gasteiger partial charge in [-0.25, -0.2) is 0 Å². The van der Waals surface area contributed by atoms with Gasteiger partial charge in [-0.15, -0.1) is 5.10 Å². The van der Waals surface area contributed by atoms with Crippen LogP contribution in [0.25, 0.3) is 0 Å². The Morgan fingerprint density at radius 1 is 1.44 bits per heavy atom. The smallest absolute Gasteiger partial charge is 0.0964 e. The van der Waals surface area contributed by atoms with Crippen LogP contribution in [0.4, 0.5) is 0 Å². The molecule has 102 valence electrons. The van der Waals surface area contributed by atoms with Gasteiger partial charge in [-0.3, -0.25) is 4.68 Å². The van der Waals surface area contributed by atoms with Crippen LogP contribution in [0.3, 0.4) is 0 Å². The summed E-state index contributed by atoms with van der Waals surface area (Å²) in [5.41, 5.74) is 1.46. The van der Waals surface area contributed by atoms with E-state index < -0.39 is 0 Å². The summed E-state index contributed by atoms with van der Waals surface area (Å²) in [6.07, 6.45) is 8.10. The molecule has 18 heavy (non-hydrogen) atoms. The molecule has 0 aromatic carbocycles. The quantitative estimate of drug-likeness (QED) is 0.768. The van der Waals surface area contributed by atoms with E-state index in [1.54, 1.807) is 4.68 Å². The maximum Gasteiger partial charge on any atom is 0.0964 e. The minimum atomic E-state index is 0.200. The summed E-state index contributed by atoms with van der Waals surface area (Å²) in [5.74, 6) is 0. The molecule has 1 aromatic rings. The summed E-state index contributed by atoms with van der Waals surface area (Å²) in [7, 11) is 0. The summed E-state index contributed by atoms with van der Waals surface area (Å²) in [6, 6.07) is 0. The molecule has 1 aromatic heterocycles. The molecule has 2 rings (SSSR count). The summed E-state index contributed by atoms with van der Waals surface area (Å²) >= 11 is 0. The molecule has 5 nitrogen and oxygen atoms in total. The number of rotatable bonds is 7. The average molecular weight is 252 g/mol. The van der Waals surface area contributed by atoms with Gasteiger partial charge in [0.15, 0.2) is 0 Å². The van der Waals surface area contributed by atoms with Crippen LogP contribution >= 0.6 is 0 Å². The Labute approximate surface area is 109 Å². The van der Waals surface area contributed by atoms with E-state index in [1.807, 2.05) is 6.20 Å². The van der Waals surface area contributed by atoms with Crippen molar-refractivity contribution in [3.05, 3.63) is 11.9 Å². The number of aryl methyl sites for hydroxylation is 1. The molecule has 1 aliphatic carbocycles. The van der Waals surface area contributed by atoms with Gasteiger partial charge in [0.1, 0.15) is 0 Å². The molecular formula is C13H24N4O. The van der Waals surface area contributed by atoms with E-state index in [-0.39, 0.29) is 6.61 Å². The summed E-state index contributed by atoms with van der Waals surface area (Å²) in [5, 5.41) is 20.4. The molecule has 0 atom stereocenters. The first-order chi connectivity index (χ1) is 8.72. The fraction of sp³-hybridized carbons (Fsp3) is 0.846. The van der Waals surface area contributed by atoms with Crippen LogP contribution in [-0.2, 0) is 13.1 Å². The third-order valence-electron chi connectivity index (χ3n) is 3.80. The second-order valence-corrected chi connectivity index (χ2v) is 5.67. The van der Waals surface area contributed by atoms with E-state index >= 15 is 0 Å². The third-order valence-corrected chi connectivity index (χ3v) is 3.80. The van der Waals surface area contributed by atoms with Crippen molar-refractivity contribution in [2.24, 2.45) is 5.41 Å². The van der Waals surface area contributed by atoms with E-state index in [0.717, 1.165) is 31.7 Å². The summed E-state index contributed by atoms with van der Waals surface area (Å²) < 4.78 is 1.80. The lowest BCUT2D eigenvalue weighted by Crippen LogP contribution is -2.29. The highest BCUT2D eigenvalue weighted by Crippen LogP contribution is 2.36. The lowest BCUT2D eigenvalue weighted by molar-refractivity contribution is 0.276. The third kappa shape index (κ3) is 3.78. The number of aliphatic hydroxyl groups excluding tert-OH is 1. The van der Waals surface area contributed by atoms with Crippen molar-refractivity contribution in [1.29, 1.82) is 0 Å². The fourth-order valence-electron chi connectivity index (χ4n) is 2.66. The molecule has 1 saturated carbocycles. The highest BCUT2D eigenvalue weighted by Gasteiger charge is 2.27. The van der Waals surface area contributed by atoms with E-state index in [2.05, 4.69) is 22.6 Å². The number of aliphatic hydroxyl groups is 1. The van der Waals surface area contributed by atoms with Gasteiger partial charge in [0.2, 0.25) is 0 Å². The lowest BCUT2D eigenvalue weighted by Gasteiger charge is -2.23. The van der Waals surface area contributed by atoms with Gasteiger partial charge in [-0.05, 0) is 24.7 Å². The van der Waals surface area contributed by atoms with Crippen LogP contribution in [0, 0.1) is 5.41 Å². The predicted octanol–water partition coefficient (Wildman–Crippen LogP) is 1.33. The number of hydrogen-bond acceptors (Lipinski definition) is 4. The molecule has 1 heterocycles. The Kier molecular flexibility index (Phi) is 4.72. The Morgan fingerprint density at radius 3 is 2.94 bits per heavy atom. The van der Waals surface area contributed by atoms with Crippen LogP contribution in [0.1, 0.15) is 44.7 Å². The molecule has 1 fully saturated rings. The Hall–Kier alpha value is -0.940. The average Bonchev–Trinajstić information content (AvgIpc) is 2.97. The van der Waals surface area contributed by atoms with Crippen molar-refractivity contribution in [3.8, 4) is 0 Å². The monoisotopic (exact) mass is 252 g/mol. The van der Waals surface area contributed by atoms with E-state index in [4.69, 9.17) is 5.11 Å². The zero-order chi connectivity index (χ0) is 12.8. The highest BCUT2D eigenvalue weighted by molar-refractivity contribution is 4.92. The number of nitrogens with one attached hydrogen (secondary N) is 1. The molecule has 0 radical (unpaired) electrons. The SMILES string of the molecule is CC1(CNCc2cn(CCCO)nn2)CCCC1. The Balaban J connectivity index is 1.71. The maximum atomic E-state index is 8.75. The first kappa shape index (κ1) is 13.5. The van der Waals surface area contributed by atoms with Gasteiger partial charge in [-0.1, -0.05) is 25.0 Å². The van der Waals surface area contributed by atoms with Gasteiger partial charge in [0, 0.05) is 32.4 Å². The van der Waals surface area contributed by atoms with Crippen LogP contribution < -0.4 is 5.32 Å². The van der Waals surface area contributed by atoms with Crippen molar-refractivity contribution in [2.75, 3.05) is 13.2 Å². The standard InChI is InChI=1S/C13H24N4O/c1-13(5-2-3-6-13)11-14-9-12-10-17(16-15-12)7-4-8-18/h10,14,18H,2-9,11H2,1H3. The molecule has 0 bridgehead atoms. The second-order valence-electron chi connectivity index (χ2n) is 5.67.